The SMILES string of the molecule is CN(C)C=O.CN(C)C=O.CN(C)C=O.CN(C)CCN=Cc1c([O-])c(C=NCCN(C)C)c([O-])c(C=NCCN(C)C)c1[O-].[Cu+2].[Cu+2].[Cu+2].[N-]=C=S.[N-]=C=S.[N-]=C=S. The molecule has 18 nitrogen and oxygen atoms in total. The minimum Gasteiger partial charge on any atom is -0.872 e. The molecule has 0 saturated carbocycles. The van der Waals surface area contributed by atoms with Crippen LogP contribution in [-0.4, -0.2) is 207 Å². The summed E-state index contributed by atoms with van der Waals surface area (Å²) in [6.45, 7) is 3.33. The standard InChI is InChI=1S/C21H36N6O3.3C3H7NO.3CNS.3Cu/c1-25(2)10-7-22-13-16-19(28)17(14-23-8-11-26(3)4)21(30)18(20(16)29)15-24-9-12-27(5)6;3*1-4(2)3-5;3*2-1-3;;;/h13-15,28-30H,7-12H2,1-6H3;3*3H,1-2H3;;;;;;/q;;;;3*-1;3*+2/p-3. The van der Waals surface area contributed by atoms with Gasteiger partial charge in [-0.25, -0.2) is 0 Å². The molecule has 3 radical (unpaired) electrons. The van der Waals surface area contributed by atoms with Crippen molar-refractivity contribution in [1.29, 1.82) is 0 Å². The first kappa shape index (κ1) is 74.8. The third-order valence-electron chi connectivity index (χ3n) is 4.79. The summed E-state index contributed by atoms with van der Waals surface area (Å²) in [5.41, 5.74) is -0.385. The Kier molecular flexibility index (Phi) is 72.1. The number of hydrogen-bond acceptors (Lipinski definition) is 15. The Morgan fingerprint density at radius 1 is 0.474 bits per heavy atom. The molecular formula is C33H54Cu3N12O6S3. The summed E-state index contributed by atoms with van der Waals surface area (Å²) in [4.78, 5) is 51.0. The first-order valence-corrected chi connectivity index (χ1v) is 16.5. The minimum absolute atomic E-state index is 0. The predicted octanol–water partition coefficient (Wildman–Crippen LogP) is -0.0696. The smallest absolute Gasteiger partial charge is 0.872 e. The third-order valence-corrected chi connectivity index (χ3v) is 4.79. The quantitative estimate of drug-likeness (QED) is 0.0971. The Morgan fingerprint density at radius 3 is 0.719 bits per heavy atom. The van der Waals surface area contributed by atoms with E-state index in [0.29, 0.717) is 39.3 Å². The fourth-order valence-electron chi connectivity index (χ4n) is 2.34. The van der Waals surface area contributed by atoms with Crippen LogP contribution in [0.1, 0.15) is 16.7 Å². The van der Waals surface area contributed by atoms with Crippen LogP contribution in [-0.2, 0) is 65.6 Å². The van der Waals surface area contributed by atoms with Crippen molar-refractivity contribution < 1.29 is 80.9 Å². The number of benzene rings is 1. The Bertz CT molecular complexity index is 1160. The fraction of sp³-hybridized carbons (Fsp3) is 0.545. The molecule has 0 spiro atoms. The number of nitrogens with zero attached hydrogens (tertiary/aromatic N) is 12. The maximum absolute atomic E-state index is 12.8. The monoisotopic (exact) mass is 999 g/mol. The first-order valence-electron chi connectivity index (χ1n) is 15.3. The van der Waals surface area contributed by atoms with E-state index in [0.717, 1.165) is 19.2 Å². The van der Waals surface area contributed by atoms with Crippen LogP contribution in [0.2, 0.25) is 0 Å². The molecule has 1 aromatic carbocycles. The van der Waals surface area contributed by atoms with Crippen molar-refractivity contribution in [3.8, 4) is 17.2 Å². The number of aliphatic imine (C=N–C) groups is 3. The van der Waals surface area contributed by atoms with E-state index in [1.165, 1.54) is 48.8 Å². The van der Waals surface area contributed by atoms with E-state index in [2.05, 4.69) is 51.6 Å². The van der Waals surface area contributed by atoms with Crippen molar-refractivity contribution in [2.24, 2.45) is 15.0 Å². The number of carbonyl (C=O) groups is 3. The minimum atomic E-state index is -0.641. The zero-order chi connectivity index (χ0) is 43.7. The third kappa shape index (κ3) is 59.7. The van der Waals surface area contributed by atoms with Crippen molar-refractivity contribution in [3.63, 3.8) is 0 Å². The Labute approximate surface area is 386 Å². The van der Waals surface area contributed by atoms with E-state index < -0.39 is 17.2 Å². The molecule has 0 N–H and O–H groups in total. The first-order chi connectivity index (χ1) is 25.2. The maximum Gasteiger partial charge on any atom is 2.00 e. The molecule has 333 valence electrons. The summed E-state index contributed by atoms with van der Waals surface area (Å²) in [6, 6.07) is 0. The van der Waals surface area contributed by atoms with Crippen LogP contribution in [0.25, 0.3) is 16.2 Å². The molecule has 57 heavy (non-hydrogen) atoms. The largest absolute Gasteiger partial charge is 2.00 e. The Morgan fingerprint density at radius 2 is 0.614 bits per heavy atom. The fourth-order valence-corrected chi connectivity index (χ4v) is 2.34. The molecule has 3 amide bonds. The summed E-state index contributed by atoms with van der Waals surface area (Å²) in [5.74, 6) is -1.92. The number of rotatable bonds is 15. The van der Waals surface area contributed by atoms with Gasteiger partial charge < -0.3 is 60.9 Å². The number of carbonyl (C=O) groups excluding carboxylic acids is 3. The van der Waals surface area contributed by atoms with Gasteiger partial charge in [0.05, 0.1) is 19.6 Å². The van der Waals surface area contributed by atoms with Gasteiger partial charge in [0.25, 0.3) is 0 Å². The second-order valence-corrected chi connectivity index (χ2v) is 11.8. The molecule has 0 aromatic heterocycles. The molecule has 0 heterocycles. The topological polar surface area (TPSA) is 244 Å². The van der Waals surface area contributed by atoms with Crippen molar-refractivity contribution in [2.75, 3.05) is 124 Å². The van der Waals surface area contributed by atoms with Gasteiger partial charge in [0.1, 0.15) is 0 Å². The van der Waals surface area contributed by atoms with E-state index >= 15 is 0 Å². The Hall–Kier alpha value is -3.12. The molecule has 0 aliphatic rings. The number of hydrogen-bond donors (Lipinski definition) is 0. The van der Waals surface area contributed by atoms with Crippen molar-refractivity contribution in [1.82, 2.24) is 29.4 Å². The molecular weight excluding hydrogens is 947 g/mol. The van der Waals surface area contributed by atoms with Crippen molar-refractivity contribution >= 4 is 90.0 Å². The number of amides is 3. The predicted molar refractivity (Wildman–Crippen MR) is 225 cm³/mol. The second-order valence-electron chi connectivity index (χ2n) is 11.2. The zero-order valence-corrected chi connectivity index (χ0v) is 39.4. The van der Waals surface area contributed by atoms with E-state index in [-0.39, 0.29) is 67.9 Å². The van der Waals surface area contributed by atoms with Crippen LogP contribution in [0.3, 0.4) is 0 Å². The normalized spacial score (nSPS) is 8.89. The average Bonchev–Trinajstić information content (AvgIpc) is 3.08. The van der Waals surface area contributed by atoms with Gasteiger partial charge in [0.15, 0.2) is 0 Å². The number of likely N-dealkylation sites (N-methyl/N-ethyl adjacent to an activating group) is 3. The summed E-state index contributed by atoms with van der Waals surface area (Å²) in [6.07, 6.45) is 6.05. The molecule has 24 heteroatoms. The number of isothiocyanates is 3. The summed E-state index contributed by atoms with van der Waals surface area (Å²) >= 11 is 11.1. The van der Waals surface area contributed by atoms with Crippen LogP contribution < -0.4 is 15.3 Å². The molecule has 0 bridgehead atoms. The van der Waals surface area contributed by atoms with Gasteiger partial charge in [-0.05, 0) is 59.0 Å². The van der Waals surface area contributed by atoms with Gasteiger partial charge in [-0.1, -0.05) is 53.9 Å². The van der Waals surface area contributed by atoms with Gasteiger partial charge in [-0.15, -0.1) is 0 Å². The summed E-state index contributed by atoms with van der Waals surface area (Å²) in [5, 5.41) is 63.8. The molecule has 0 saturated heterocycles. The number of thiocarbonyl (C=S) groups is 3. The van der Waals surface area contributed by atoms with Gasteiger partial charge in [-0.3, -0.25) is 29.4 Å². The molecule has 0 unspecified atom stereocenters. The molecule has 1 aromatic rings. The molecule has 0 atom stereocenters. The van der Waals surface area contributed by atoms with Crippen LogP contribution in [0.5, 0.6) is 17.2 Å². The summed E-state index contributed by atoms with van der Waals surface area (Å²) < 4.78 is 0. The molecule has 0 aliphatic heterocycles. The maximum atomic E-state index is 12.8. The van der Waals surface area contributed by atoms with Crippen molar-refractivity contribution in [3.05, 3.63) is 32.9 Å². The van der Waals surface area contributed by atoms with Crippen molar-refractivity contribution in [2.45, 2.75) is 0 Å². The van der Waals surface area contributed by atoms with Crippen LogP contribution >= 0.6 is 36.7 Å². The average molecular weight is 1000 g/mol. The molecule has 0 fully saturated rings. The van der Waals surface area contributed by atoms with E-state index in [4.69, 9.17) is 16.2 Å². The van der Waals surface area contributed by atoms with Crippen LogP contribution in [0.15, 0.2) is 15.0 Å². The summed E-state index contributed by atoms with van der Waals surface area (Å²) in [7, 11) is 21.6. The van der Waals surface area contributed by atoms with E-state index in [9.17, 15) is 29.7 Å². The second kappa shape index (κ2) is 55.0. The van der Waals surface area contributed by atoms with Gasteiger partial charge in [0, 0.05) is 80.6 Å². The van der Waals surface area contributed by atoms with Gasteiger partial charge >= 0.3 is 51.2 Å². The Balaban J connectivity index is -0.0000000996. The van der Waals surface area contributed by atoms with Crippen LogP contribution in [0, 0.1) is 0 Å². The molecule has 0 aliphatic carbocycles. The van der Waals surface area contributed by atoms with Gasteiger partial charge in [-0.2, -0.15) is 15.5 Å². The molecule has 1 rings (SSSR count). The van der Waals surface area contributed by atoms with E-state index in [1.807, 2.05) is 57.0 Å². The van der Waals surface area contributed by atoms with E-state index in [1.54, 1.807) is 42.3 Å². The van der Waals surface area contributed by atoms with Gasteiger partial charge in [0.2, 0.25) is 19.2 Å². The zero-order valence-electron chi connectivity index (χ0n) is 34.2. The van der Waals surface area contributed by atoms with Crippen LogP contribution in [0.4, 0.5) is 0 Å².